The van der Waals surface area contributed by atoms with Gasteiger partial charge >= 0.3 is 0 Å². The van der Waals surface area contributed by atoms with Crippen LogP contribution >= 0.6 is 22.9 Å². The molecular formula is C11H18ClNS. The fourth-order valence-electron chi connectivity index (χ4n) is 1.28. The first kappa shape index (κ1) is 12.0. The lowest BCUT2D eigenvalue weighted by Gasteiger charge is -2.23. The third-order valence-electron chi connectivity index (χ3n) is 2.28. The van der Waals surface area contributed by atoms with Crippen molar-refractivity contribution in [1.29, 1.82) is 0 Å². The molecule has 0 bridgehead atoms. The molecule has 1 rings (SSSR count). The van der Waals surface area contributed by atoms with Crippen LogP contribution in [0.5, 0.6) is 0 Å². The Balaban J connectivity index is 2.20. The molecule has 1 aromatic heterocycles. The summed E-state index contributed by atoms with van der Waals surface area (Å²) in [6, 6.07) is 2.16. The minimum atomic E-state index is 0.303. The van der Waals surface area contributed by atoms with Crippen molar-refractivity contribution in [2.75, 3.05) is 12.4 Å². The molecule has 0 aliphatic rings. The highest BCUT2D eigenvalue weighted by Gasteiger charge is 2.15. The number of halogens is 1. The van der Waals surface area contributed by atoms with Crippen molar-refractivity contribution in [3.05, 3.63) is 22.4 Å². The molecule has 0 saturated carbocycles. The zero-order valence-corrected chi connectivity index (χ0v) is 10.4. The van der Waals surface area contributed by atoms with E-state index in [4.69, 9.17) is 11.6 Å². The van der Waals surface area contributed by atoms with E-state index in [0.29, 0.717) is 5.41 Å². The highest BCUT2D eigenvalue weighted by Crippen LogP contribution is 2.19. The smallest absolute Gasteiger partial charge is 0.0229 e. The van der Waals surface area contributed by atoms with Gasteiger partial charge in [-0.3, -0.25) is 0 Å². The van der Waals surface area contributed by atoms with Gasteiger partial charge in [0.15, 0.2) is 0 Å². The van der Waals surface area contributed by atoms with E-state index in [2.05, 4.69) is 36.0 Å². The molecular weight excluding hydrogens is 214 g/mol. The van der Waals surface area contributed by atoms with Crippen LogP contribution in [0.1, 0.15) is 25.8 Å². The third kappa shape index (κ3) is 4.45. The number of nitrogens with one attached hydrogen (secondary N) is 1. The normalized spacial score (nSPS) is 11.9. The Hall–Kier alpha value is -0.0500. The van der Waals surface area contributed by atoms with Crippen molar-refractivity contribution in [2.24, 2.45) is 5.41 Å². The van der Waals surface area contributed by atoms with Gasteiger partial charge in [0, 0.05) is 19.0 Å². The zero-order chi connectivity index (χ0) is 10.4. The monoisotopic (exact) mass is 231 g/mol. The summed E-state index contributed by atoms with van der Waals surface area (Å²) in [5.41, 5.74) is 1.68. The molecule has 14 heavy (non-hydrogen) atoms. The lowest BCUT2D eigenvalue weighted by atomic mass is 9.90. The second-order valence-corrected chi connectivity index (χ2v) is 5.50. The van der Waals surface area contributed by atoms with Gasteiger partial charge in [-0.1, -0.05) is 13.8 Å². The molecule has 1 nitrogen and oxygen atoms in total. The molecule has 1 N–H and O–H groups in total. The van der Waals surface area contributed by atoms with Gasteiger partial charge in [0.1, 0.15) is 0 Å². The molecule has 0 saturated heterocycles. The van der Waals surface area contributed by atoms with E-state index < -0.39 is 0 Å². The summed E-state index contributed by atoms with van der Waals surface area (Å²) in [6.07, 6.45) is 1.06. The Kier molecular flexibility index (Phi) is 4.93. The Morgan fingerprint density at radius 1 is 1.50 bits per heavy atom. The maximum atomic E-state index is 5.74. The SMILES string of the molecule is CC(C)(CCCl)CNCc1ccsc1. The van der Waals surface area contributed by atoms with E-state index >= 15 is 0 Å². The van der Waals surface area contributed by atoms with Gasteiger partial charge in [-0.25, -0.2) is 0 Å². The van der Waals surface area contributed by atoms with Crippen LogP contribution in [0.4, 0.5) is 0 Å². The second kappa shape index (κ2) is 5.74. The number of hydrogen-bond donors (Lipinski definition) is 1. The standard InChI is InChI=1S/C11H18ClNS/c1-11(2,4-5-12)9-13-7-10-3-6-14-8-10/h3,6,8,13H,4-5,7,9H2,1-2H3. The molecule has 3 heteroatoms. The first-order valence-corrected chi connectivity index (χ1v) is 6.39. The Bertz CT molecular complexity index is 244. The van der Waals surface area contributed by atoms with Crippen molar-refractivity contribution in [3.8, 4) is 0 Å². The molecule has 0 amide bonds. The van der Waals surface area contributed by atoms with Crippen LogP contribution in [0.2, 0.25) is 0 Å². The molecule has 80 valence electrons. The lowest BCUT2D eigenvalue weighted by molar-refractivity contribution is 0.329. The molecule has 1 heterocycles. The molecule has 0 unspecified atom stereocenters. The summed E-state index contributed by atoms with van der Waals surface area (Å²) in [4.78, 5) is 0. The maximum absolute atomic E-state index is 5.74. The summed E-state index contributed by atoms with van der Waals surface area (Å²) >= 11 is 7.49. The average molecular weight is 232 g/mol. The first-order valence-electron chi connectivity index (χ1n) is 4.92. The van der Waals surface area contributed by atoms with Gasteiger partial charge in [-0.2, -0.15) is 11.3 Å². The largest absolute Gasteiger partial charge is 0.312 e. The number of thiophene rings is 1. The van der Waals surface area contributed by atoms with Crippen molar-refractivity contribution in [1.82, 2.24) is 5.32 Å². The Labute approximate surface area is 95.5 Å². The molecule has 0 aliphatic heterocycles. The second-order valence-electron chi connectivity index (χ2n) is 4.34. The van der Waals surface area contributed by atoms with E-state index in [9.17, 15) is 0 Å². The number of alkyl halides is 1. The molecule has 0 atom stereocenters. The van der Waals surface area contributed by atoms with Crippen LogP contribution < -0.4 is 5.32 Å². The highest BCUT2D eigenvalue weighted by molar-refractivity contribution is 7.07. The highest BCUT2D eigenvalue weighted by atomic mass is 35.5. The van der Waals surface area contributed by atoms with E-state index in [1.54, 1.807) is 11.3 Å². The summed E-state index contributed by atoms with van der Waals surface area (Å²) < 4.78 is 0. The molecule has 0 aromatic carbocycles. The molecule has 0 aliphatic carbocycles. The minimum Gasteiger partial charge on any atom is -0.312 e. The number of hydrogen-bond acceptors (Lipinski definition) is 2. The van der Waals surface area contributed by atoms with E-state index in [-0.39, 0.29) is 0 Å². The van der Waals surface area contributed by atoms with Crippen LogP contribution in [-0.2, 0) is 6.54 Å². The van der Waals surface area contributed by atoms with Crippen molar-refractivity contribution in [2.45, 2.75) is 26.8 Å². The van der Waals surface area contributed by atoms with Crippen molar-refractivity contribution in [3.63, 3.8) is 0 Å². The predicted molar refractivity (Wildman–Crippen MR) is 65.1 cm³/mol. The molecule has 0 spiro atoms. The van der Waals surface area contributed by atoms with Gasteiger partial charge in [-0.05, 0) is 34.2 Å². The Morgan fingerprint density at radius 3 is 2.86 bits per heavy atom. The van der Waals surface area contributed by atoms with Gasteiger partial charge in [0.25, 0.3) is 0 Å². The topological polar surface area (TPSA) is 12.0 Å². The van der Waals surface area contributed by atoms with E-state index in [1.165, 1.54) is 5.56 Å². The molecule has 0 fully saturated rings. The summed E-state index contributed by atoms with van der Waals surface area (Å²) in [5, 5.41) is 7.76. The number of rotatable bonds is 6. The van der Waals surface area contributed by atoms with Crippen LogP contribution in [0, 0.1) is 5.41 Å². The molecule has 0 radical (unpaired) electrons. The summed E-state index contributed by atoms with van der Waals surface area (Å²) in [6.45, 7) is 6.48. The van der Waals surface area contributed by atoms with Gasteiger partial charge < -0.3 is 5.32 Å². The fourth-order valence-corrected chi connectivity index (χ4v) is 2.46. The van der Waals surface area contributed by atoms with Gasteiger partial charge in [-0.15, -0.1) is 11.6 Å². The first-order chi connectivity index (χ1) is 6.64. The van der Waals surface area contributed by atoms with Crippen molar-refractivity contribution < 1.29 is 0 Å². The van der Waals surface area contributed by atoms with Crippen LogP contribution in [0.15, 0.2) is 16.8 Å². The quantitative estimate of drug-likeness (QED) is 0.740. The average Bonchev–Trinajstić information content (AvgIpc) is 2.56. The van der Waals surface area contributed by atoms with E-state index in [1.807, 2.05) is 0 Å². The van der Waals surface area contributed by atoms with Crippen LogP contribution in [0.25, 0.3) is 0 Å². The van der Waals surface area contributed by atoms with Crippen LogP contribution in [-0.4, -0.2) is 12.4 Å². The zero-order valence-electron chi connectivity index (χ0n) is 8.85. The molecule has 1 aromatic rings. The summed E-state index contributed by atoms with van der Waals surface area (Å²) in [7, 11) is 0. The third-order valence-corrected chi connectivity index (χ3v) is 3.21. The van der Waals surface area contributed by atoms with Crippen molar-refractivity contribution >= 4 is 22.9 Å². The predicted octanol–water partition coefficient (Wildman–Crippen LogP) is 3.49. The maximum Gasteiger partial charge on any atom is 0.0229 e. The minimum absolute atomic E-state index is 0.303. The van der Waals surface area contributed by atoms with E-state index in [0.717, 1.165) is 25.4 Å². The summed E-state index contributed by atoms with van der Waals surface area (Å²) in [5.74, 6) is 0.743. The van der Waals surface area contributed by atoms with Gasteiger partial charge in [0.2, 0.25) is 0 Å². The lowest BCUT2D eigenvalue weighted by Crippen LogP contribution is -2.29. The fraction of sp³-hybridized carbons (Fsp3) is 0.636. The van der Waals surface area contributed by atoms with Crippen LogP contribution in [0.3, 0.4) is 0 Å². The van der Waals surface area contributed by atoms with Gasteiger partial charge in [0.05, 0.1) is 0 Å². The Morgan fingerprint density at radius 2 is 2.29 bits per heavy atom.